The van der Waals surface area contributed by atoms with E-state index in [9.17, 15) is 4.79 Å². The van der Waals surface area contributed by atoms with Gasteiger partial charge in [0.15, 0.2) is 0 Å². The fraction of sp³-hybridized carbons (Fsp3) is 0.500. The Balaban J connectivity index is 1.33. The number of carbonyl (C=O) groups is 1. The number of benzene rings is 1. The van der Waals surface area contributed by atoms with Crippen molar-refractivity contribution in [1.29, 1.82) is 0 Å². The fourth-order valence-corrected chi connectivity index (χ4v) is 4.76. The number of urea groups is 1. The first kappa shape index (κ1) is 16.2. The minimum Gasteiger partial charge on any atom is -0.335 e. The van der Waals surface area contributed by atoms with E-state index in [1.807, 2.05) is 35.0 Å². The van der Waals surface area contributed by atoms with E-state index in [4.69, 9.17) is 0 Å². The van der Waals surface area contributed by atoms with E-state index >= 15 is 0 Å². The summed E-state index contributed by atoms with van der Waals surface area (Å²) >= 11 is 0. The third kappa shape index (κ3) is 3.41. The second-order valence-corrected chi connectivity index (χ2v) is 7.55. The van der Waals surface area contributed by atoms with Gasteiger partial charge in [-0.2, -0.15) is 0 Å². The van der Waals surface area contributed by atoms with Gasteiger partial charge in [-0.1, -0.05) is 24.6 Å². The van der Waals surface area contributed by atoms with Crippen molar-refractivity contribution in [1.82, 2.24) is 20.2 Å². The maximum absolute atomic E-state index is 12.3. The summed E-state index contributed by atoms with van der Waals surface area (Å²) < 4.78 is 1.97. The number of aromatic nitrogens is 2. The fourth-order valence-electron chi connectivity index (χ4n) is 4.76. The van der Waals surface area contributed by atoms with Crippen LogP contribution in [0.5, 0.6) is 0 Å². The SMILES string of the molecule is C[C@H](NC(=O)NCc1ccccc1-n1ccnc1)[C@H]1C[C@H]2CC[C@H]1C2. The number of para-hydroxylation sites is 1. The molecule has 0 spiro atoms. The van der Waals surface area contributed by atoms with Gasteiger partial charge >= 0.3 is 6.03 Å². The maximum atomic E-state index is 12.3. The van der Waals surface area contributed by atoms with Crippen molar-refractivity contribution in [2.45, 2.75) is 45.2 Å². The Morgan fingerprint density at radius 3 is 2.92 bits per heavy atom. The minimum atomic E-state index is -0.0734. The molecule has 1 heterocycles. The van der Waals surface area contributed by atoms with Crippen LogP contribution in [0.25, 0.3) is 5.69 Å². The number of rotatable bonds is 5. The second kappa shape index (κ2) is 6.90. The molecule has 2 bridgehead atoms. The quantitative estimate of drug-likeness (QED) is 0.877. The highest BCUT2D eigenvalue weighted by Gasteiger charge is 2.42. The molecule has 4 atom stereocenters. The Hall–Kier alpha value is -2.30. The first-order valence-corrected chi connectivity index (χ1v) is 9.31. The van der Waals surface area contributed by atoms with Gasteiger partial charge in [0.05, 0.1) is 12.0 Å². The summed E-state index contributed by atoms with van der Waals surface area (Å²) in [4.78, 5) is 16.4. The molecule has 2 aliphatic carbocycles. The maximum Gasteiger partial charge on any atom is 0.315 e. The van der Waals surface area contributed by atoms with Crippen LogP contribution in [0.2, 0.25) is 0 Å². The minimum absolute atomic E-state index is 0.0734. The molecule has 0 saturated heterocycles. The molecule has 0 radical (unpaired) electrons. The number of hydrogen-bond donors (Lipinski definition) is 2. The zero-order valence-corrected chi connectivity index (χ0v) is 14.7. The second-order valence-electron chi connectivity index (χ2n) is 7.55. The molecule has 0 aliphatic heterocycles. The van der Waals surface area contributed by atoms with E-state index in [0.29, 0.717) is 12.5 Å². The summed E-state index contributed by atoms with van der Waals surface area (Å²) in [6.07, 6.45) is 10.8. The predicted octanol–water partition coefficient (Wildman–Crippen LogP) is 3.50. The molecule has 2 amide bonds. The van der Waals surface area contributed by atoms with Crippen LogP contribution < -0.4 is 10.6 Å². The Bertz CT molecular complexity index is 727. The monoisotopic (exact) mass is 338 g/mol. The summed E-state index contributed by atoms with van der Waals surface area (Å²) in [5.41, 5.74) is 2.12. The highest BCUT2D eigenvalue weighted by molar-refractivity contribution is 5.74. The topological polar surface area (TPSA) is 59.0 Å². The normalized spacial score (nSPS) is 25.7. The Morgan fingerprint density at radius 1 is 1.32 bits per heavy atom. The number of amides is 2. The van der Waals surface area contributed by atoms with Crippen molar-refractivity contribution >= 4 is 6.03 Å². The van der Waals surface area contributed by atoms with Crippen LogP contribution in [0.1, 0.15) is 38.2 Å². The summed E-state index contributed by atoms with van der Waals surface area (Å²) in [5.74, 6) is 2.38. The number of carbonyl (C=O) groups excluding carboxylic acids is 1. The summed E-state index contributed by atoms with van der Waals surface area (Å²) in [7, 11) is 0. The van der Waals surface area contributed by atoms with E-state index in [0.717, 1.165) is 23.1 Å². The van der Waals surface area contributed by atoms with Crippen LogP contribution in [-0.2, 0) is 6.54 Å². The molecule has 5 nitrogen and oxygen atoms in total. The Kier molecular flexibility index (Phi) is 4.47. The van der Waals surface area contributed by atoms with Gasteiger partial charge in [0, 0.05) is 25.0 Å². The standard InChI is InChI=1S/C20H26N4O/c1-14(18-11-15-6-7-16(18)10-15)23-20(25)22-12-17-4-2-3-5-19(17)24-9-8-21-13-24/h2-5,8-9,13-16,18H,6-7,10-12H2,1H3,(H2,22,23,25)/t14-,15-,16-,18+/m0/s1. The van der Waals surface area contributed by atoms with Crippen LogP contribution >= 0.6 is 0 Å². The molecule has 1 aromatic carbocycles. The number of nitrogens with zero attached hydrogens (tertiary/aromatic N) is 2. The van der Waals surface area contributed by atoms with Crippen LogP contribution in [0.15, 0.2) is 43.0 Å². The van der Waals surface area contributed by atoms with E-state index in [-0.39, 0.29) is 12.1 Å². The molecule has 2 N–H and O–H groups in total. The van der Waals surface area contributed by atoms with E-state index in [1.54, 1.807) is 12.5 Å². The predicted molar refractivity (Wildman–Crippen MR) is 97.3 cm³/mol. The van der Waals surface area contributed by atoms with Gasteiger partial charge in [-0.25, -0.2) is 9.78 Å². The van der Waals surface area contributed by atoms with Crippen molar-refractivity contribution in [2.75, 3.05) is 0 Å². The number of fused-ring (bicyclic) bond motifs is 2. The summed E-state index contributed by atoms with van der Waals surface area (Å²) in [6.45, 7) is 2.66. The van der Waals surface area contributed by atoms with E-state index in [2.05, 4.69) is 22.5 Å². The lowest BCUT2D eigenvalue weighted by Gasteiger charge is -2.28. The van der Waals surface area contributed by atoms with Crippen LogP contribution in [0.4, 0.5) is 4.79 Å². The largest absolute Gasteiger partial charge is 0.335 e. The number of nitrogens with one attached hydrogen (secondary N) is 2. The smallest absolute Gasteiger partial charge is 0.315 e. The lowest BCUT2D eigenvalue weighted by Crippen LogP contribution is -2.45. The molecule has 2 saturated carbocycles. The highest BCUT2D eigenvalue weighted by Crippen LogP contribution is 2.49. The molecule has 1 aromatic heterocycles. The van der Waals surface area contributed by atoms with Gasteiger partial charge in [0.25, 0.3) is 0 Å². The van der Waals surface area contributed by atoms with Crippen LogP contribution in [0, 0.1) is 17.8 Å². The molecule has 5 heteroatoms. The van der Waals surface area contributed by atoms with Gasteiger partial charge in [0.2, 0.25) is 0 Å². The van der Waals surface area contributed by atoms with Crippen molar-refractivity contribution in [3.05, 3.63) is 48.5 Å². The Morgan fingerprint density at radius 2 is 2.20 bits per heavy atom. The van der Waals surface area contributed by atoms with Gasteiger partial charge in [-0.3, -0.25) is 0 Å². The molecule has 25 heavy (non-hydrogen) atoms. The molecular formula is C20H26N4O. The van der Waals surface area contributed by atoms with E-state index in [1.165, 1.54) is 25.7 Å². The van der Waals surface area contributed by atoms with Gasteiger partial charge in [-0.05, 0) is 55.6 Å². The van der Waals surface area contributed by atoms with Crippen molar-refractivity contribution in [2.24, 2.45) is 17.8 Å². The highest BCUT2D eigenvalue weighted by atomic mass is 16.2. The third-order valence-corrected chi connectivity index (χ3v) is 6.01. The van der Waals surface area contributed by atoms with Crippen molar-refractivity contribution < 1.29 is 4.79 Å². The Labute approximate surface area is 148 Å². The number of hydrogen-bond acceptors (Lipinski definition) is 2. The van der Waals surface area contributed by atoms with Gasteiger partial charge < -0.3 is 15.2 Å². The molecule has 132 valence electrons. The molecule has 4 rings (SSSR count). The van der Waals surface area contributed by atoms with Crippen molar-refractivity contribution in [3.63, 3.8) is 0 Å². The molecule has 0 unspecified atom stereocenters. The summed E-state index contributed by atoms with van der Waals surface area (Å²) in [5, 5.41) is 6.18. The summed E-state index contributed by atoms with van der Waals surface area (Å²) in [6, 6.07) is 8.24. The van der Waals surface area contributed by atoms with Gasteiger partial charge in [-0.15, -0.1) is 0 Å². The van der Waals surface area contributed by atoms with Crippen LogP contribution in [0.3, 0.4) is 0 Å². The first-order valence-electron chi connectivity index (χ1n) is 9.31. The molecule has 2 fully saturated rings. The molecule has 2 aliphatic rings. The van der Waals surface area contributed by atoms with Crippen LogP contribution in [-0.4, -0.2) is 21.6 Å². The first-order chi connectivity index (χ1) is 12.2. The van der Waals surface area contributed by atoms with E-state index < -0.39 is 0 Å². The van der Waals surface area contributed by atoms with Gasteiger partial charge in [0.1, 0.15) is 0 Å². The third-order valence-electron chi connectivity index (χ3n) is 6.01. The average molecular weight is 338 g/mol. The zero-order chi connectivity index (χ0) is 17.2. The number of imidazole rings is 1. The lowest BCUT2D eigenvalue weighted by atomic mass is 9.84. The molecular weight excluding hydrogens is 312 g/mol. The van der Waals surface area contributed by atoms with Crippen molar-refractivity contribution in [3.8, 4) is 5.69 Å². The average Bonchev–Trinajstić information content (AvgIpc) is 3.37. The zero-order valence-electron chi connectivity index (χ0n) is 14.7. The molecule has 2 aromatic rings. The lowest BCUT2D eigenvalue weighted by molar-refractivity contribution is 0.220.